The molecule has 1 aliphatic rings. The van der Waals surface area contributed by atoms with E-state index < -0.39 is 12.0 Å². The van der Waals surface area contributed by atoms with Gasteiger partial charge in [0.15, 0.2) is 0 Å². The monoisotopic (exact) mass is 244 g/mol. The highest BCUT2D eigenvalue weighted by molar-refractivity contribution is 5.85. The van der Waals surface area contributed by atoms with Crippen LogP contribution in [-0.2, 0) is 4.79 Å². The molecule has 1 heterocycles. The van der Waals surface area contributed by atoms with Crippen molar-refractivity contribution in [1.82, 2.24) is 4.90 Å². The van der Waals surface area contributed by atoms with Gasteiger partial charge in [0, 0.05) is 6.54 Å². The van der Waals surface area contributed by atoms with Crippen LogP contribution in [0.5, 0.6) is 0 Å². The highest BCUT2D eigenvalue weighted by Gasteiger charge is 2.24. The molecule has 86 valence electrons. The summed E-state index contributed by atoms with van der Waals surface area (Å²) in [6, 6.07) is -0.467. The number of piperidine rings is 1. The first-order valence-electron chi connectivity index (χ1n) is 4.42. The van der Waals surface area contributed by atoms with Crippen molar-refractivity contribution in [2.45, 2.75) is 25.3 Å². The molecule has 0 aromatic rings. The average Bonchev–Trinajstić information content (AvgIpc) is 2.07. The molecule has 3 N–H and O–H groups in total. The van der Waals surface area contributed by atoms with Crippen LogP contribution >= 0.6 is 24.8 Å². The smallest absolute Gasteiger partial charge is 0.322 e. The van der Waals surface area contributed by atoms with Gasteiger partial charge in [-0.25, -0.2) is 0 Å². The molecule has 0 radical (unpaired) electrons. The number of rotatable bonds is 3. The van der Waals surface area contributed by atoms with Crippen LogP contribution in [0.25, 0.3) is 0 Å². The minimum Gasteiger partial charge on any atom is -0.480 e. The molecule has 0 aliphatic carbocycles. The predicted molar refractivity (Wildman–Crippen MR) is 60.4 cm³/mol. The van der Waals surface area contributed by atoms with Crippen LogP contribution in [0.4, 0.5) is 0 Å². The Morgan fingerprint density at radius 2 is 1.79 bits per heavy atom. The molecule has 1 saturated heterocycles. The number of carbonyl (C=O) groups is 1. The molecule has 0 unspecified atom stereocenters. The molecule has 1 aliphatic heterocycles. The van der Waals surface area contributed by atoms with Crippen molar-refractivity contribution >= 4 is 30.8 Å². The van der Waals surface area contributed by atoms with Crippen molar-refractivity contribution in [3.63, 3.8) is 0 Å². The van der Waals surface area contributed by atoms with Crippen molar-refractivity contribution in [2.75, 3.05) is 19.6 Å². The van der Waals surface area contributed by atoms with Crippen LogP contribution in [0.2, 0.25) is 0 Å². The van der Waals surface area contributed by atoms with Crippen molar-refractivity contribution in [1.29, 1.82) is 0 Å². The number of nitrogens with zero attached hydrogens (tertiary/aromatic N) is 1. The summed E-state index contributed by atoms with van der Waals surface area (Å²) in [6.07, 6.45) is 3.42. The van der Waals surface area contributed by atoms with Crippen LogP contribution < -0.4 is 5.73 Å². The van der Waals surface area contributed by atoms with Gasteiger partial charge in [-0.2, -0.15) is 0 Å². The van der Waals surface area contributed by atoms with Gasteiger partial charge in [0.1, 0.15) is 6.04 Å². The van der Waals surface area contributed by atoms with Gasteiger partial charge >= 0.3 is 5.97 Å². The summed E-state index contributed by atoms with van der Waals surface area (Å²) in [5.41, 5.74) is 5.38. The Bertz CT molecular complexity index is 163. The molecular weight excluding hydrogens is 227 g/mol. The second kappa shape index (κ2) is 8.29. The zero-order chi connectivity index (χ0) is 8.97. The van der Waals surface area contributed by atoms with Crippen molar-refractivity contribution in [3.05, 3.63) is 0 Å². The van der Waals surface area contributed by atoms with E-state index in [9.17, 15) is 4.79 Å². The maximum atomic E-state index is 10.7. The van der Waals surface area contributed by atoms with Crippen LogP contribution in [0.15, 0.2) is 0 Å². The lowest BCUT2D eigenvalue weighted by Crippen LogP contribution is -2.48. The normalized spacial score (nSPS) is 18.9. The quantitative estimate of drug-likeness (QED) is 0.769. The van der Waals surface area contributed by atoms with Crippen LogP contribution in [0.1, 0.15) is 19.3 Å². The third-order valence-corrected chi connectivity index (χ3v) is 2.34. The van der Waals surface area contributed by atoms with E-state index in [1.54, 1.807) is 0 Å². The van der Waals surface area contributed by atoms with E-state index in [1.807, 2.05) is 4.90 Å². The molecule has 0 aromatic carbocycles. The third kappa shape index (κ3) is 4.46. The van der Waals surface area contributed by atoms with Crippen molar-refractivity contribution in [2.24, 2.45) is 5.73 Å². The summed E-state index contributed by atoms with van der Waals surface area (Å²) in [6.45, 7) is 1.98. The summed E-state index contributed by atoms with van der Waals surface area (Å²) < 4.78 is 0. The molecule has 0 aromatic heterocycles. The van der Waals surface area contributed by atoms with Crippen molar-refractivity contribution in [3.8, 4) is 0 Å². The second-order valence-electron chi connectivity index (χ2n) is 3.19. The zero-order valence-corrected chi connectivity index (χ0v) is 9.65. The average molecular weight is 245 g/mol. The van der Waals surface area contributed by atoms with E-state index in [2.05, 4.69) is 0 Å². The highest BCUT2D eigenvalue weighted by atomic mass is 35.5. The Morgan fingerprint density at radius 3 is 2.14 bits per heavy atom. The maximum absolute atomic E-state index is 10.7. The van der Waals surface area contributed by atoms with E-state index in [4.69, 9.17) is 10.8 Å². The number of aliphatic carboxylic acids is 1. The van der Waals surface area contributed by atoms with E-state index in [1.165, 1.54) is 6.42 Å². The van der Waals surface area contributed by atoms with Gasteiger partial charge in [-0.3, -0.25) is 9.69 Å². The molecule has 1 rings (SSSR count). The lowest BCUT2D eigenvalue weighted by atomic mass is 10.1. The molecule has 4 nitrogen and oxygen atoms in total. The van der Waals surface area contributed by atoms with Gasteiger partial charge in [-0.05, 0) is 25.9 Å². The lowest BCUT2D eigenvalue weighted by molar-refractivity contribution is -0.143. The van der Waals surface area contributed by atoms with E-state index in [-0.39, 0.29) is 31.4 Å². The Morgan fingerprint density at radius 1 is 1.29 bits per heavy atom. The predicted octanol–water partition coefficient (Wildman–Crippen LogP) is 0.728. The van der Waals surface area contributed by atoms with E-state index >= 15 is 0 Å². The number of hydrogen-bond donors (Lipinski definition) is 2. The number of carboxylic acid groups (broad SMARTS) is 1. The standard InChI is InChI=1S/C8H16N2O2.2ClH/c9-6-7(8(11)12)10-4-2-1-3-5-10;;/h7H,1-6,9H2,(H,11,12);2*1H/t7-;;/m0../s1. The van der Waals surface area contributed by atoms with Crippen LogP contribution in [-0.4, -0.2) is 41.7 Å². The Labute approximate surface area is 96.6 Å². The molecule has 6 heteroatoms. The van der Waals surface area contributed by atoms with Gasteiger partial charge in [0.25, 0.3) is 0 Å². The molecule has 1 atom stereocenters. The summed E-state index contributed by atoms with van der Waals surface area (Å²) >= 11 is 0. The fourth-order valence-electron chi connectivity index (χ4n) is 1.64. The first kappa shape index (κ1) is 16.4. The zero-order valence-electron chi connectivity index (χ0n) is 8.02. The van der Waals surface area contributed by atoms with Crippen LogP contribution in [0, 0.1) is 0 Å². The Hall–Kier alpha value is -0.0300. The summed E-state index contributed by atoms with van der Waals surface area (Å²) in [5.74, 6) is -0.792. The molecule has 14 heavy (non-hydrogen) atoms. The SMILES string of the molecule is Cl.Cl.NC[C@@H](C(=O)O)N1CCCCC1. The topological polar surface area (TPSA) is 66.6 Å². The molecular formula is C8H18Cl2N2O2. The number of likely N-dealkylation sites (tertiary alicyclic amines) is 1. The fourth-order valence-corrected chi connectivity index (χ4v) is 1.64. The Kier molecular flexibility index (Phi) is 9.72. The number of nitrogens with two attached hydrogens (primary N) is 1. The molecule has 0 saturated carbocycles. The van der Waals surface area contributed by atoms with Crippen LogP contribution in [0.3, 0.4) is 0 Å². The molecule has 0 spiro atoms. The number of carboxylic acids is 1. The lowest BCUT2D eigenvalue weighted by Gasteiger charge is -2.30. The second-order valence-corrected chi connectivity index (χ2v) is 3.19. The van der Waals surface area contributed by atoms with Crippen molar-refractivity contribution < 1.29 is 9.90 Å². The first-order valence-corrected chi connectivity index (χ1v) is 4.42. The summed E-state index contributed by atoms with van der Waals surface area (Å²) in [5, 5.41) is 8.80. The fraction of sp³-hybridized carbons (Fsp3) is 0.875. The molecule has 0 bridgehead atoms. The van der Waals surface area contributed by atoms with Gasteiger partial charge in [-0.1, -0.05) is 6.42 Å². The third-order valence-electron chi connectivity index (χ3n) is 2.34. The van der Waals surface area contributed by atoms with E-state index in [0.29, 0.717) is 0 Å². The van der Waals surface area contributed by atoms with Gasteiger partial charge < -0.3 is 10.8 Å². The summed E-state index contributed by atoms with van der Waals surface area (Å²) in [7, 11) is 0. The first-order chi connectivity index (χ1) is 5.75. The summed E-state index contributed by atoms with van der Waals surface area (Å²) in [4.78, 5) is 12.7. The molecule has 0 amide bonds. The van der Waals surface area contributed by atoms with Gasteiger partial charge in [0.2, 0.25) is 0 Å². The van der Waals surface area contributed by atoms with E-state index in [0.717, 1.165) is 25.9 Å². The van der Waals surface area contributed by atoms with Gasteiger partial charge in [0.05, 0.1) is 0 Å². The van der Waals surface area contributed by atoms with Gasteiger partial charge in [-0.15, -0.1) is 24.8 Å². The number of halogens is 2. The Balaban J connectivity index is 0. The highest BCUT2D eigenvalue weighted by Crippen LogP contribution is 2.11. The maximum Gasteiger partial charge on any atom is 0.322 e. The minimum absolute atomic E-state index is 0. The molecule has 1 fully saturated rings. The number of hydrogen-bond acceptors (Lipinski definition) is 3. The minimum atomic E-state index is -0.792. The largest absolute Gasteiger partial charge is 0.480 e.